The Morgan fingerprint density at radius 3 is 2.60 bits per heavy atom. The quantitative estimate of drug-likeness (QED) is 0.850. The number of pyridine rings is 1. The second-order valence-corrected chi connectivity index (χ2v) is 3.28. The summed E-state index contributed by atoms with van der Waals surface area (Å²) in [7, 11) is 0. The summed E-state index contributed by atoms with van der Waals surface area (Å²) in [6.45, 7) is 1.53. The Morgan fingerprint density at radius 2 is 2.13 bits per heavy atom. The minimum atomic E-state index is -4.83. The topological polar surface area (TPSA) is 42.4 Å². The Labute approximate surface area is 92.0 Å². The van der Waals surface area contributed by atoms with Crippen molar-refractivity contribution < 1.29 is 23.0 Å². The molecule has 1 heterocycles. The number of aromatic hydroxyl groups is 1. The van der Waals surface area contributed by atoms with E-state index in [1.807, 2.05) is 0 Å². The Balaban J connectivity index is 3.20. The molecule has 0 aliphatic heterocycles. The smallest absolute Gasteiger partial charge is 0.503 e. The van der Waals surface area contributed by atoms with Gasteiger partial charge in [0.25, 0.3) is 0 Å². The lowest BCUT2D eigenvalue weighted by atomic mass is 10.2. The number of aryl methyl sites for hydroxylation is 1. The van der Waals surface area contributed by atoms with Crippen molar-refractivity contribution in [1.29, 1.82) is 0 Å². The van der Waals surface area contributed by atoms with Crippen LogP contribution in [0.25, 0.3) is 0 Å². The molecule has 0 radical (unpaired) electrons. The van der Waals surface area contributed by atoms with Crippen molar-refractivity contribution in [1.82, 2.24) is 4.98 Å². The second kappa shape index (κ2) is 4.26. The van der Waals surface area contributed by atoms with Crippen molar-refractivity contribution in [3.8, 4) is 11.5 Å². The van der Waals surface area contributed by atoms with Crippen LogP contribution in [-0.4, -0.2) is 16.5 Å². The van der Waals surface area contributed by atoms with E-state index in [1.54, 1.807) is 0 Å². The number of aromatic nitrogens is 1. The van der Waals surface area contributed by atoms with Gasteiger partial charge in [0.1, 0.15) is 0 Å². The molecule has 0 unspecified atom stereocenters. The Hall–Kier alpha value is -0.980. The minimum absolute atomic E-state index is 0.117. The molecule has 15 heavy (non-hydrogen) atoms. The molecule has 3 nitrogen and oxygen atoms in total. The van der Waals surface area contributed by atoms with E-state index < -0.39 is 17.9 Å². The Bertz CT molecular complexity index is 368. The van der Waals surface area contributed by atoms with E-state index >= 15 is 0 Å². The first kappa shape index (κ1) is 12.1. The molecule has 1 aromatic rings. The first-order chi connectivity index (χ1) is 6.85. The van der Waals surface area contributed by atoms with Crippen LogP contribution >= 0.6 is 15.9 Å². The zero-order valence-corrected chi connectivity index (χ0v) is 9.18. The summed E-state index contributed by atoms with van der Waals surface area (Å²) in [5, 5.41) is 9.32. The maximum absolute atomic E-state index is 12.0. The number of alkyl halides is 4. The Morgan fingerprint density at radius 1 is 1.53 bits per heavy atom. The number of hydrogen-bond acceptors (Lipinski definition) is 3. The summed E-state index contributed by atoms with van der Waals surface area (Å²) in [4.78, 5) is 3.71. The van der Waals surface area contributed by atoms with Gasteiger partial charge in [0.15, 0.2) is 11.5 Å². The van der Waals surface area contributed by atoms with Gasteiger partial charge >= 0.3 is 6.36 Å². The molecule has 0 spiro atoms. The molecule has 84 valence electrons. The summed E-state index contributed by atoms with van der Waals surface area (Å²) in [5.41, 5.74) is 0.538. The minimum Gasteiger partial charge on any atom is -0.503 e. The van der Waals surface area contributed by atoms with E-state index in [9.17, 15) is 18.3 Å². The van der Waals surface area contributed by atoms with Crippen LogP contribution in [0.2, 0.25) is 0 Å². The predicted molar refractivity (Wildman–Crippen MR) is 50.0 cm³/mol. The molecule has 0 fully saturated rings. The third-order valence-electron chi connectivity index (χ3n) is 1.68. The predicted octanol–water partition coefficient (Wildman–Crippen LogP) is 2.89. The van der Waals surface area contributed by atoms with Gasteiger partial charge in [0.2, 0.25) is 0 Å². The molecule has 7 heteroatoms. The third kappa shape index (κ3) is 2.98. The molecular formula is C8H7BrF3NO2. The van der Waals surface area contributed by atoms with Crippen molar-refractivity contribution in [3.05, 3.63) is 17.5 Å². The SMILES string of the molecule is Cc1ncc(O)c(OC(F)(F)F)c1CBr. The molecule has 0 atom stereocenters. The zero-order chi connectivity index (χ0) is 11.6. The average molecular weight is 286 g/mol. The molecule has 0 aliphatic carbocycles. The normalized spacial score (nSPS) is 11.5. The van der Waals surface area contributed by atoms with Crippen molar-refractivity contribution in [2.75, 3.05) is 0 Å². The van der Waals surface area contributed by atoms with Gasteiger partial charge in [-0.3, -0.25) is 4.98 Å². The van der Waals surface area contributed by atoms with Crippen LogP contribution in [0.3, 0.4) is 0 Å². The van der Waals surface area contributed by atoms with Gasteiger partial charge in [0.05, 0.1) is 6.20 Å². The van der Waals surface area contributed by atoms with Gasteiger partial charge in [-0.05, 0) is 6.92 Å². The van der Waals surface area contributed by atoms with Crippen molar-refractivity contribution in [3.63, 3.8) is 0 Å². The van der Waals surface area contributed by atoms with Crippen LogP contribution in [0, 0.1) is 6.92 Å². The number of hydrogen-bond donors (Lipinski definition) is 1. The highest BCUT2D eigenvalue weighted by atomic mass is 79.9. The van der Waals surface area contributed by atoms with E-state index in [-0.39, 0.29) is 10.9 Å². The maximum Gasteiger partial charge on any atom is 0.573 e. The summed E-state index contributed by atoms with van der Waals surface area (Å²) < 4.78 is 39.7. The first-order valence-electron chi connectivity index (χ1n) is 3.84. The van der Waals surface area contributed by atoms with Crippen molar-refractivity contribution in [2.45, 2.75) is 18.6 Å². The largest absolute Gasteiger partial charge is 0.573 e. The van der Waals surface area contributed by atoms with Crippen LogP contribution in [-0.2, 0) is 5.33 Å². The van der Waals surface area contributed by atoms with Gasteiger partial charge < -0.3 is 9.84 Å². The van der Waals surface area contributed by atoms with E-state index in [2.05, 4.69) is 25.7 Å². The summed E-state index contributed by atoms with van der Waals surface area (Å²) >= 11 is 3.00. The first-order valence-corrected chi connectivity index (χ1v) is 4.96. The fraction of sp³-hybridized carbons (Fsp3) is 0.375. The van der Waals surface area contributed by atoms with E-state index in [0.29, 0.717) is 5.69 Å². The van der Waals surface area contributed by atoms with E-state index in [1.165, 1.54) is 6.92 Å². The molecule has 0 saturated heterocycles. The molecule has 1 N–H and O–H groups in total. The number of rotatable bonds is 2. The molecule has 0 aliphatic rings. The lowest BCUT2D eigenvalue weighted by Gasteiger charge is -2.14. The Kier molecular flexibility index (Phi) is 3.43. The molecule has 0 bridgehead atoms. The highest BCUT2D eigenvalue weighted by molar-refractivity contribution is 9.08. The molecular weight excluding hydrogens is 279 g/mol. The number of halogens is 4. The van der Waals surface area contributed by atoms with Crippen molar-refractivity contribution >= 4 is 15.9 Å². The van der Waals surface area contributed by atoms with E-state index in [4.69, 9.17) is 0 Å². The molecule has 0 saturated carbocycles. The molecule has 0 aromatic carbocycles. The highest BCUT2D eigenvalue weighted by Crippen LogP contribution is 2.36. The van der Waals surface area contributed by atoms with Crippen molar-refractivity contribution in [2.24, 2.45) is 0 Å². The van der Waals surface area contributed by atoms with Gasteiger partial charge in [-0.2, -0.15) is 0 Å². The van der Waals surface area contributed by atoms with Gasteiger partial charge in [-0.1, -0.05) is 15.9 Å². The highest BCUT2D eigenvalue weighted by Gasteiger charge is 2.33. The molecule has 1 rings (SSSR count). The number of ether oxygens (including phenoxy) is 1. The lowest BCUT2D eigenvalue weighted by molar-refractivity contribution is -0.275. The standard InChI is InChI=1S/C8H7BrF3NO2/c1-4-5(2-9)7(6(14)3-13-4)15-8(10,11)12/h3,14H,2H2,1H3. The van der Waals surface area contributed by atoms with E-state index in [0.717, 1.165) is 6.20 Å². The fourth-order valence-corrected chi connectivity index (χ4v) is 1.66. The molecule has 0 amide bonds. The summed E-state index contributed by atoms with van der Waals surface area (Å²) in [6.07, 6.45) is -3.91. The number of nitrogens with zero attached hydrogens (tertiary/aromatic N) is 1. The average Bonchev–Trinajstić information content (AvgIpc) is 2.10. The third-order valence-corrected chi connectivity index (χ3v) is 2.24. The lowest BCUT2D eigenvalue weighted by Crippen LogP contribution is -2.18. The summed E-state index contributed by atoms with van der Waals surface area (Å²) in [6, 6.07) is 0. The zero-order valence-electron chi connectivity index (χ0n) is 7.60. The summed E-state index contributed by atoms with van der Waals surface area (Å²) in [5.74, 6) is -1.24. The second-order valence-electron chi connectivity index (χ2n) is 2.72. The van der Waals surface area contributed by atoms with Crippen LogP contribution in [0.5, 0.6) is 11.5 Å². The van der Waals surface area contributed by atoms with Crippen LogP contribution < -0.4 is 4.74 Å². The van der Waals surface area contributed by atoms with Crippen LogP contribution in [0.15, 0.2) is 6.20 Å². The van der Waals surface area contributed by atoms with Crippen LogP contribution in [0.4, 0.5) is 13.2 Å². The fourth-order valence-electron chi connectivity index (χ4n) is 1.00. The van der Waals surface area contributed by atoms with Gasteiger partial charge in [0, 0.05) is 16.6 Å². The molecule has 1 aromatic heterocycles. The monoisotopic (exact) mass is 285 g/mol. The van der Waals surface area contributed by atoms with Gasteiger partial charge in [-0.15, -0.1) is 13.2 Å². The van der Waals surface area contributed by atoms with Crippen LogP contribution in [0.1, 0.15) is 11.3 Å². The van der Waals surface area contributed by atoms with Gasteiger partial charge in [-0.25, -0.2) is 0 Å². The maximum atomic E-state index is 12.0.